The molecule has 0 bridgehead atoms. The lowest BCUT2D eigenvalue weighted by atomic mass is 10.1. The van der Waals surface area contributed by atoms with Crippen LogP contribution in [0.4, 0.5) is 5.69 Å². The molecule has 1 rings (SSSR count). The van der Waals surface area contributed by atoms with Crippen molar-refractivity contribution in [3.8, 4) is 0 Å². The molecule has 0 aliphatic heterocycles. The van der Waals surface area contributed by atoms with Gasteiger partial charge in [0.25, 0.3) is 0 Å². The molecule has 102 valence electrons. The fourth-order valence-corrected chi connectivity index (χ4v) is 2.19. The third-order valence-electron chi connectivity index (χ3n) is 3.18. The smallest absolute Gasteiger partial charge is 0.0414 e. The van der Waals surface area contributed by atoms with Crippen molar-refractivity contribution in [1.29, 1.82) is 0 Å². The van der Waals surface area contributed by atoms with Crippen molar-refractivity contribution in [2.75, 3.05) is 38.6 Å². The highest BCUT2D eigenvalue weighted by Crippen LogP contribution is 2.24. The van der Waals surface area contributed by atoms with Gasteiger partial charge >= 0.3 is 0 Å². The Morgan fingerprint density at radius 1 is 1.17 bits per heavy atom. The van der Waals surface area contributed by atoms with Gasteiger partial charge in [-0.3, -0.25) is 0 Å². The van der Waals surface area contributed by atoms with Gasteiger partial charge < -0.3 is 15.5 Å². The second kappa shape index (κ2) is 7.39. The summed E-state index contributed by atoms with van der Waals surface area (Å²) in [4.78, 5) is 4.65. The molecule has 1 atom stereocenters. The second-order valence-electron chi connectivity index (χ2n) is 5.08. The molecule has 0 aromatic heterocycles. The van der Waals surface area contributed by atoms with Crippen LogP contribution in [0.1, 0.15) is 31.9 Å². The Balaban J connectivity index is 2.75. The molecule has 3 heteroatoms. The Hall–Kier alpha value is -1.06. The van der Waals surface area contributed by atoms with Crippen molar-refractivity contribution >= 4 is 5.69 Å². The molecule has 2 N–H and O–H groups in total. The summed E-state index contributed by atoms with van der Waals surface area (Å²) in [5.41, 5.74) is 8.57. The normalized spacial score (nSPS) is 12.8. The van der Waals surface area contributed by atoms with Crippen LogP contribution in [0.3, 0.4) is 0 Å². The number of nitrogens with two attached hydrogens (primary N) is 1. The van der Waals surface area contributed by atoms with E-state index in [1.54, 1.807) is 0 Å². The molecule has 0 saturated heterocycles. The Morgan fingerprint density at radius 3 is 2.39 bits per heavy atom. The van der Waals surface area contributed by atoms with Gasteiger partial charge in [-0.2, -0.15) is 0 Å². The van der Waals surface area contributed by atoms with E-state index in [4.69, 9.17) is 5.73 Å². The van der Waals surface area contributed by atoms with Crippen LogP contribution in [0, 0.1) is 0 Å². The van der Waals surface area contributed by atoms with Gasteiger partial charge in [-0.15, -0.1) is 0 Å². The number of benzene rings is 1. The first-order chi connectivity index (χ1) is 8.56. The quantitative estimate of drug-likeness (QED) is 0.806. The van der Waals surface area contributed by atoms with Gasteiger partial charge in [-0.05, 0) is 52.5 Å². The minimum Gasteiger partial charge on any atom is -0.371 e. The van der Waals surface area contributed by atoms with Gasteiger partial charge in [-0.1, -0.05) is 18.2 Å². The summed E-state index contributed by atoms with van der Waals surface area (Å²) in [7, 11) is 4.23. The average Bonchev–Trinajstić information content (AvgIpc) is 2.34. The second-order valence-corrected chi connectivity index (χ2v) is 5.08. The molecule has 0 spiro atoms. The average molecular weight is 249 g/mol. The van der Waals surface area contributed by atoms with E-state index in [9.17, 15) is 0 Å². The Bertz CT molecular complexity index is 347. The predicted octanol–water partition coefficient (Wildman–Crippen LogP) is 2.48. The summed E-state index contributed by atoms with van der Waals surface area (Å²) in [6, 6.07) is 8.56. The summed E-state index contributed by atoms with van der Waals surface area (Å²) in [5, 5.41) is 0. The van der Waals surface area contributed by atoms with Crippen molar-refractivity contribution in [2.45, 2.75) is 26.3 Å². The van der Waals surface area contributed by atoms with Crippen LogP contribution in [0.2, 0.25) is 0 Å². The minimum atomic E-state index is 0.0871. The van der Waals surface area contributed by atoms with E-state index in [2.05, 4.69) is 55.1 Å². The van der Waals surface area contributed by atoms with Crippen molar-refractivity contribution < 1.29 is 0 Å². The summed E-state index contributed by atoms with van der Waals surface area (Å²) in [6.45, 7) is 7.48. The van der Waals surface area contributed by atoms with Crippen LogP contribution in [0.15, 0.2) is 24.3 Å². The van der Waals surface area contributed by atoms with Gasteiger partial charge in [0, 0.05) is 24.8 Å². The SMILES string of the molecule is CCN(CCCN(C)C)c1ccccc1[C@@H](C)N. The van der Waals surface area contributed by atoms with E-state index in [0.717, 1.165) is 19.6 Å². The summed E-state index contributed by atoms with van der Waals surface area (Å²) >= 11 is 0. The molecule has 0 unspecified atom stereocenters. The first kappa shape index (κ1) is 15.0. The minimum absolute atomic E-state index is 0.0871. The van der Waals surface area contributed by atoms with Gasteiger partial charge in [0.2, 0.25) is 0 Å². The highest BCUT2D eigenvalue weighted by molar-refractivity contribution is 5.54. The standard InChI is InChI=1S/C15H27N3/c1-5-18(12-8-11-17(3)4)15-10-7-6-9-14(15)13(2)16/h6-7,9-10,13H,5,8,11-12,16H2,1-4H3/t13-/m1/s1. The molecule has 1 aromatic carbocycles. The lowest BCUT2D eigenvalue weighted by Gasteiger charge is -2.27. The predicted molar refractivity (Wildman–Crippen MR) is 80.1 cm³/mol. The van der Waals surface area contributed by atoms with Crippen LogP contribution in [-0.4, -0.2) is 38.6 Å². The topological polar surface area (TPSA) is 32.5 Å². The van der Waals surface area contributed by atoms with E-state index in [0.29, 0.717) is 0 Å². The zero-order valence-corrected chi connectivity index (χ0v) is 12.2. The first-order valence-electron chi connectivity index (χ1n) is 6.80. The van der Waals surface area contributed by atoms with Crippen molar-refractivity contribution in [3.05, 3.63) is 29.8 Å². The molecule has 0 fully saturated rings. The van der Waals surface area contributed by atoms with Gasteiger partial charge in [0.05, 0.1) is 0 Å². The number of hydrogen-bond donors (Lipinski definition) is 1. The third kappa shape index (κ3) is 4.31. The Labute approximate surface area is 112 Å². The van der Waals surface area contributed by atoms with Crippen molar-refractivity contribution in [1.82, 2.24) is 4.90 Å². The maximum atomic E-state index is 6.05. The highest BCUT2D eigenvalue weighted by atomic mass is 15.1. The largest absolute Gasteiger partial charge is 0.371 e. The number of hydrogen-bond acceptors (Lipinski definition) is 3. The molecule has 0 amide bonds. The molecule has 0 radical (unpaired) electrons. The molecule has 0 aliphatic rings. The summed E-state index contributed by atoms with van der Waals surface area (Å²) < 4.78 is 0. The van der Waals surface area contributed by atoms with E-state index < -0.39 is 0 Å². The van der Waals surface area contributed by atoms with Crippen LogP contribution in [0.5, 0.6) is 0 Å². The van der Waals surface area contributed by atoms with Gasteiger partial charge in [0.1, 0.15) is 0 Å². The summed E-state index contributed by atoms with van der Waals surface area (Å²) in [6.07, 6.45) is 1.17. The molecule has 0 heterocycles. The van der Waals surface area contributed by atoms with Gasteiger partial charge in [0.15, 0.2) is 0 Å². The number of para-hydroxylation sites is 1. The molecule has 0 aliphatic carbocycles. The number of nitrogens with zero attached hydrogens (tertiary/aromatic N) is 2. The zero-order valence-electron chi connectivity index (χ0n) is 12.2. The Morgan fingerprint density at radius 2 is 1.83 bits per heavy atom. The highest BCUT2D eigenvalue weighted by Gasteiger charge is 2.11. The van der Waals surface area contributed by atoms with Gasteiger partial charge in [-0.25, -0.2) is 0 Å². The van der Waals surface area contributed by atoms with Crippen LogP contribution < -0.4 is 10.6 Å². The molecular formula is C15H27N3. The number of rotatable bonds is 7. The maximum absolute atomic E-state index is 6.05. The molecule has 18 heavy (non-hydrogen) atoms. The molecule has 0 saturated carbocycles. The fraction of sp³-hybridized carbons (Fsp3) is 0.600. The van der Waals surface area contributed by atoms with Crippen molar-refractivity contribution in [3.63, 3.8) is 0 Å². The zero-order chi connectivity index (χ0) is 13.5. The molecule has 1 aromatic rings. The lowest BCUT2D eigenvalue weighted by Crippen LogP contribution is -2.28. The summed E-state index contributed by atoms with van der Waals surface area (Å²) in [5.74, 6) is 0. The van der Waals surface area contributed by atoms with E-state index >= 15 is 0 Å². The van der Waals surface area contributed by atoms with Crippen LogP contribution in [0.25, 0.3) is 0 Å². The lowest BCUT2D eigenvalue weighted by molar-refractivity contribution is 0.400. The molecular weight excluding hydrogens is 222 g/mol. The van der Waals surface area contributed by atoms with E-state index in [1.165, 1.54) is 17.7 Å². The number of anilines is 1. The monoisotopic (exact) mass is 249 g/mol. The van der Waals surface area contributed by atoms with Crippen molar-refractivity contribution in [2.24, 2.45) is 5.73 Å². The van der Waals surface area contributed by atoms with E-state index in [-0.39, 0.29) is 6.04 Å². The van der Waals surface area contributed by atoms with E-state index in [1.807, 2.05) is 6.92 Å². The van der Waals surface area contributed by atoms with Crippen LogP contribution >= 0.6 is 0 Å². The first-order valence-corrected chi connectivity index (χ1v) is 6.80. The Kier molecular flexibility index (Phi) is 6.16. The molecule has 3 nitrogen and oxygen atoms in total. The maximum Gasteiger partial charge on any atom is 0.0414 e. The fourth-order valence-electron chi connectivity index (χ4n) is 2.19. The third-order valence-corrected chi connectivity index (χ3v) is 3.18. The van der Waals surface area contributed by atoms with Crippen LogP contribution in [-0.2, 0) is 0 Å².